The van der Waals surface area contributed by atoms with Gasteiger partial charge in [0.25, 0.3) is 0 Å². The predicted molar refractivity (Wildman–Crippen MR) is 128 cm³/mol. The second-order valence-electron chi connectivity index (χ2n) is 8.11. The Bertz CT molecular complexity index is 716. The van der Waals surface area contributed by atoms with Gasteiger partial charge in [0.15, 0.2) is 6.10 Å². The molecule has 1 unspecified atom stereocenters. The summed E-state index contributed by atoms with van der Waals surface area (Å²) in [4.78, 5) is 67.5. The molecule has 0 aliphatic rings. The largest absolute Gasteiger partial charge is 0.463 e. The minimum Gasteiger partial charge on any atom is -0.463 e. The van der Waals surface area contributed by atoms with Crippen molar-refractivity contribution >= 4 is 35.8 Å². The van der Waals surface area contributed by atoms with Gasteiger partial charge in [-0.3, -0.25) is 28.8 Å². The summed E-state index contributed by atoms with van der Waals surface area (Å²) in [5.41, 5.74) is 0. The van der Waals surface area contributed by atoms with Crippen LogP contribution in [0.3, 0.4) is 0 Å². The minimum atomic E-state index is -0.954. The average Bonchev–Trinajstić information content (AvgIpc) is 2.82. The van der Waals surface area contributed by atoms with Crippen LogP contribution in [-0.2, 0) is 71.4 Å². The molecule has 0 fully saturated rings. The summed E-state index contributed by atoms with van der Waals surface area (Å²) in [7, 11) is 0. The third-order valence-electron chi connectivity index (χ3n) is 4.25. The molecule has 15 heteroatoms. The van der Waals surface area contributed by atoms with Gasteiger partial charge in [-0.05, 0) is 0 Å². The Hall–Kier alpha value is -3.30. The Morgan fingerprint density at radius 2 is 0.590 bits per heavy atom. The molecule has 0 N–H and O–H groups in total. The highest BCUT2D eigenvalue weighted by molar-refractivity contribution is 5.67. The van der Waals surface area contributed by atoms with Crippen molar-refractivity contribution in [1.29, 1.82) is 0 Å². The molecule has 0 radical (unpaired) electrons. The minimum absolute atomic E-state index is 0.193. The lowest BCUT2D eigenvalue weighted by molar-refractivity contribution is -0.171. The molecular formula is C24H38O15. The molecular weight excluding hydrogens is 528 g/mol. The Morgan fingerprint density at radius 3 is 0.846 bits per heavy atom. The highest BCUT2D eigenvalue weighted by Gasteiger charge is 2.23. The van der Waals surface area contributed by atoms with Crippen LogP contribution >= 0.6 is 0 Å². The van der Waals surface area contributed by atoms with Gasteiger partial charge in [0.1, 0.15) is 51.3 Å². The van der Waals surface area contributed by atoms with Gasteiger partial charge >= 0.3 is 35.8 Å². The fourth-order valence-corrected chi connectivity index (χ4v) is 2.57. The molecule has 0 saturated carbocycles. The molecule has 15 nitrogen and oxygen atoms in total. The fraction of sp³-hybridized carbons (Fsp3) is 0.750. The van der Waals surface area contributed by atoms with Gasteiger partial charge in [0.2, 0.25) is 0 Å². The van der Waals surface area contributed by atoms with Crippen LogP contribution in [0.5, 0.6) is 0 Å². The Balaban J connectivity index is 5.48. The molecule has 0 saturated heterocycles. The van der Waals surface area contributed by atoms with Gasteiger partial charge < -0.3 is 42.6 Å². The van der Waals surface area contributed by atoms with Crippen molar-refractivity contribution in [3.8, 4) is 0 Å². The lowest BCUT2D eigenvalue weighted by atomic mass is 10.3. The molecule has 0 bridgehead atoms. The van der Waals surface area contributed by atoms with Crippen LogP contribution in [-0.4, -0.2) is 113 Å². The van der Waals surface area contributed by atoms with Crippen LogP contribution in [0.2, 0.25) is 0 Å². The van der Waals surface area contributed by atoms with Crippen molar-refractivity contribution in [3.05, 3.63) is 0 Å². The first-order valence-corrected chi connectivity index (χ1v) is 12.0. The van der Waals surface area contributed by atoms with Gasteiger partial charge in [-0.1, -0.05) is 0 Å². The predicted octanol–water partition coefficient (Wildman–Crippen LogP) is -0.111. The maximum Gasteiger partial charge on any atom is 0.303 e. The van der Waals surface area contributed by atoms with E-state index in [0.717, 1.165) is 0 Å². The molecule has 0 aliphatic carbocycles. The summed E-state index contributed by atoms with van der Waals surface area (Å²) in [5, 5.41) is 0. The summed E-state index contributed by atoms with van der Waals surface area (Å²) in [5.74, 6) is -3.52. The smallest absolute Gasteiger partial charge is 0.303 e. The van der Waals surface area contributed by atoms with Crippen LogP contribution in [0.1, 0.15) is 41.5 Å². The summed E-state index contributed by atoms with van der Waals surface area (Å²) in [6, 6.07) is 0. The van der Waals surface area contributed by atoms with Crippen LogP contribution in [0, 0.1) is 0 Å². The van der Waals surface area contributed by atoms with Crippen LogP contribution in [0.15, 0.2) is 0 Å². The molecule has 0 rings (SSSR count). The molecule has 39 heavy (non-hydrogen) atoms. The number of esters is 6. The second kappa shape index (κ2) is 20.6. The molecule has 0 aliphatic heterocycles. The first-order valence-electron chi connectivity index (χ1n) is 12.0. The molecule has 0 spiro atoms. The van der Waals surface area contributed by atoms with E-state index in [1.165, 1.54) is 41.5 Å². The van der Waals surface area contributed by atoms with Crippen LogP contribution < -0.4 is 0 Å². The Kier molecular flexibility index (Phi) is 18.9. The fourth-order valence-electron chi connectivity index (χ4n) is 2.57. The highest BCUT2D eigenvalue weighted by atomic mass is 16.6. The topological polar surface area (TPSA) is 185 Å². The van der Waals surface area contributed by atoms with Gasteiger partial charge in [0, 0.05) is 41.5 Å². The van der Waals surface area contributed by atoms with Gasteiger partial charge in [-0.2, -0.15) is 0 Å². The van der Waals surface area contributed by atoms with Crippen molar-refractivity contribution in [3.63, 3.8) is 0 Å². The summed E-state index contributed by atoms with van der Waals surface area (Å²) < 4.78 is 47.0. The van der Waals surface area contributed by atoms with Crippen molar-refractivity contribution < 1.29 is 71.4 Å². The lowest BCUT2D eigenvalue weighted by Gasteiger charge is -2.26. The van der Waals surface area contributed by atoms with Crippen molar-refractivity contribution in [2.24, 2.45) is 0 Å². The SMILES string of the molecule is CC(=O)OCC(COC(C)=O)OCC(COC(COC(C)=O)COC(C)=O)OCC(COC(C)=O)OC(C)=O. The summed E-state index contributed by atoms with van der Waals surface area (Å²) in [6.45, 7) is 5.39. The third kappa shape index (κ3) is 22.4. The average molecular weight is 567 g/mol. The number of ether oxygens (including phenoxy) is 9. The van der Waals surface area contributed by atoms with E-state index in [1.54, 1.807) is 0 Å². The van der Waals surface area contributed by atoms with E-state index < -0.39 is 60.2 Å². The number of hydrogen-bond donors (Lipinski definition) is 0. The van der Waals surface area contributed by atoms with E-state index >= 15 is 0 Å². The Morgan fingerprint density at radius 1 is 0.359 bits per heavy atom. The number of carbonyl (C=O) groups is 6. The molecule has 0 heterocycles. The standard InChI is InChI=1S/C24H38O15/c1-15(25)31-7-21(8-32-16(2)26)36-11-23(38-14-24(39-20(6)30)13-35-19(5)29)12-37-22(9-33-17(3)27)10-34-18(4)28/h21-24H,7-14H2,1-6H3. The normalized spacial score (nSPS) is 11.6. The molecule has 0 amide bonds. The van der Waals surface area contributed by atoms with Crippen molar-refractivity contribution in [2.75, 3.05) is 52.9 Å². The molecule has 1 atom stereocenters. The Labute approximate surface area is 226 Å². The summed E-state index contributed by atoms with van der Waals surface area (Å²) >= 11 is 0. The maximum absolute atomic E-state index is 11.4. The van der Waals surface area contributed by atoms with E-state index in [2.05, 4.69) is 0 Å². The van der Waals surface area contributed by atoms with Gasteiger partial charge in [-0.15, -0.1) is 0 Å². The van der Waals surface area contributed by atoms with Gasteiger partial charge in [0.05, 0.1) is 19.8 Å². The van der Waals surface area contributed by atoms with Crippen LogP contribution in [0.25, 0.3) is 0 Å². The first-order chi connectivity index (χ1) is 18.3. The molecule has 0 aromatic heterocycles. The number of carbonyl (C=O) groups excluding carboxylic acids is 6. The maximum atomic E-state index is 11.4. The quantitative estimate of drug-likeness (QED) is 0.140. The third-order valence-corrected chi connectivity index (χ3v) is 4.25. The summed E-state index contributed by atoms with van der Waals surface area (Å²) in [6.07, 6.45) is -3.54. The monoisotopic (exact) mass is 566 g/mol. The lowest BCUT2D eigenvalue weighted by Crippen LogP contribution is -2.38. The molecule has 0 aromatic rings. The van der Waals surface area contributed by atoms with E-state index in [9.17, 15) is 28.8 Å². The number of hydrogen-bond acceptors (Lipinski definition) is 15. The van der Waals surface area contributed by atoms with Crippen molar-refractivity contribution in [1.82, 2.24) is 0 Å². The zero-order valence-corrected chi connectivity index (χ0v) is 23.1. The second-order valence-corrected chi connectivity index (χ2v) is 8.11. The van der Waals surface area contributed by atoms with E-state index in [4.69, 9.17) is 42.6 Å². The van der Waals surface area contributed by atoms with E-state index in [0.29, 0.717) is 0 Å². The van der Waals surface area contributed by atoms with E-state index in [1.807, 2.05) is 0 Å². The van der Waals surface area contributed by atoms with Gasteiger partial charge in [-0.25, -0.2) is 0 Å². The van der Waals surface area contributed by atoms with Crippen LogP contribution in [0.4, 0.5) is 0 Å². The van der Waals surface area contributed by atoms with Crippen molar-refractivity contribution in [2.45, 2.75) is 66.0 Å². The first kappa shape index (κ1) is 35.7. The zero-order chi connectivity index (χ0) is 29.8. The number of rotatable bonds is 20. The highest BCUT2D eigenvalue weighted by Crippen LogP contribution is 2.07. The molecule has 0 aromatic carbocycles. The zero-order valence-electron chi connectivity index (χ0n) is 23.1. The van der Waals surface area contributed by atoms with E-state index in [-0.39, 0.29) is 52.9 Å². The molecule has 224 valence electrons.